The van der Waals surface area contributed by atoms with Crippen LogP contribution in [0.15, 0.2) is 48.5 Å². The van der Waals surface area contributed by atoms with Crippen LogP contribution in [-0.2, 0) is 0 Å². The Morgan fingerprint density at radius 3 is 2.44 bits per heavy atom. The van der Waals surface area contributed by atoms with Crippen LogP contribution in [0.4, 0.5) is 0 Å². The molecule has 0 spiro atoms. The van der Waals surface area contributed by atoms with Crippen LogP contribution in [-0.4, -0.2) is 23.5 Å². The SMILES string of the molecule is CC(C)Oc1cccc(C(C)NC(=O)c2ccc(C3SCCCS3)cc2)c1. The quantitative estimate of drug-likeness (QED) is 0.660. The molecule has 144 valence electrons. The summed E-state index contributed by atoms with van der Waals surface area (Å²) >= 11 is 3.99. The molecule has 2 aromatic rings. The predicted molar refractivity (Wildman–Crippen MR) is 117 cm³/mol. The van der Waals surface area contributed by atoms with Crippen molar-refractivity contribution in [3.05, 3.63) is 65.2 Å². The van der Waals surface area contributed by atoms with Gasteiger partial charge in [-0.25, -0.2) is 0 Å². The molecule has 0 saturated carbocycles. The van der Waals surface area contributed by atoms with E-state index in [-0.39, 0.29) is 18.1 Å². The molecule has 0 aromatic heterocycles. The second-order valence-electron chi connectivity index (χ2n) is 6.98. The lowest BCUT2D eigenvalue weighted by Gasteiger charge is -2.21. The molecule has 0 radical (unpaired) electrons. The molecule has 3 rings (SSSR count). The number of amides is 1. The molecule has 1 N–H and O–H groups in total. The third-order valence-electron chi connectivity index (χ3n) is 4.35. The number of benzene rings is 2. The second kappa shape index (κ2) is 9.56. The number of hydrogen-bond acceptors (Lipinski definition) is 4. The van der Waals surface area contributed by atoms with Gasteiger partial charge < -0.3 is 10.1 Å². The summed E-state index contributed by atoms with van der Waals surface area (Å²) in [6, 6.07) is 15.9. The first-order chi connectivity index (χ1) is 13.0. The van der Waals surface area contributed by atoms with Crippen LogP contribution in [0.25, 0.3) is 0 Å². The average Bonchev–Trinajstić information content (AvgIpc) is 2.68. The van der Waals surface area contributed by atoms with Crippen molar-refractivity contribution >= 4 is 29.4 Å². The lowest BCUT2D eigenvalue weighted by molar-refractivity contribution is 0.0939. The van der Waals surface area contributed by atoms with Gasteiger partial charge in [0.25, 0.3) is 5.91 Å². The van der Waals surface area contributed by atoms with Gasteiger partial charge in [0, 0.05) is 5.56 Å². The Balaban J connectivity index is 1.62. The van der Waals surface area contributed by atoms with Crippen LogP contribution < -0.4 is 10.1 Å². The number of carbonyl (C=O) groups excluding carboxylic acids is 1. The fraction of sp³-hybridized carbons (Fsp3) is 0.409. The lowest BCUT2D eigenvalue weighted by Crippen LogP contribution is -2.26. The van der Waals surface area contributed by atoms with E-state index in [0.29, 0.717) is 10.1 Å². The Labute approximate surface area is 170 Å². The Morgan fingerprint density at radius 1 is 1.07 bits per heavy atom. The highest BCUT2D eigenvalue weighted by Gasteiger charge is 2.17. The molecule has 0 aliphatic carbocycles. The van der Waals surface area contributed by atoms with E-state index in [1.807, 2.05) is 80.7 Å². The van der Waals surface area contributed by atoms with E-state index in [1.54, 1.807) is 0 Å². The van der Waals surface area contributed by atoms with Crippen LogP contribution >= 0.6 is 23.5 Å². The highest BCUT2D eigenvalue weighted by molar-refractivity contribution is 8.16. The standard InChI is InChI=1S/C22H27NO2S2/c1-15(2)25-20-7-4-6-19(14-20)16(3)23-21(24)17-8-10-18(11-9-17)22-26-12-5-13-27-22/h4,6-11,14-16,22H,5,12-13H2,1-3H3,(H,23,24). The number of rotatable bonds is 6. The Hall–Kier alpha value is -1.59. The van der Waals surface area contributed by atoms with Gasteiger partial charge in [0.2, 0.25) is 0 Å². The third-order valence-corrected chi connectivity index (χ3v) is 7.36. The normalized spacial score (nSPS) is 16.1. The summed E-state index contributed by atoms with van der Waals surface area (Å²) in [4.78, 5) is 12.6. The monoisotopic (exact) mass is 401 g/mol. The van der Waals surface area contributed by atoms with E-state index >= 15 is 0 Å². The van der Waals surface area contributed by atoms with Gasteiger partial charge in [0.05, 0.1) is 16.7 Å². The summed E-state index contributed by atoms with van der Waals surface area (Å²) in [5.74, 6) is 3.22. The minimum absolute atomic E-state index is 0.0480. The van der Waals surface area contributed by atoms with Crippen molar-refractivity contribution in [2.45, 2.75) is 43.9 Å². The van der Waals surface area contributed by atoms with Gasteiger partial charge in [-0.1, -0.05) is 24.3 Å². The number of nitrogens with one attached hydrogen (secondary N) is 1. The first kappa shape index (κ1) is 20.2. The predicted octanol–water partition coefficient (Wildman–Crippen LogP) is 5.83. The van der Waals surface area contributed by atoms with Crippen LogP contribution in [0.1, 0.15) is 59.3 Å². The largest absolute Gasteiger partial charge is 0.491 e. The average molecular weight is 402 g/mol. The van der Waals surface area contributed by atoms with E-state index in [9.17, 15) is 4.79 Å². The van der Waals surface area contributed by atoms with E-state index in [4.69, 9.17) is 4.74 Å². The summed E-state index contributed by atoms with van der Waals surface area (Å²) in [6.07, 6.45) is 1.41. The van der Waals surface area contributed by atoms with Gasteiger partial charge in [0.1, 0.15) is 5.75 Å². The molecule has 5 heteroatoms. The number of carbonyl (C=O) groups is 1. The van der Waals surface area contributed by atoms with Crippen LogP contribution in [0.5, 0.6) is 5.75 Å². The number of hydrogen-bond donors (Lipinski definition) is 1. The zero-order chi connectivity index (χ0) is 19.2. The number of thioether (sulfide) groups is 2. The summed E-state index contributed by atoms with van der Waals surface area (Å²) in [6.45, 7) is 6.01. The maximum atomic E-state index is 12.6. The Morgan fingerprint density at radius 2 is 1.78 bits per heavy atom. The Bertz CT molecular complexity index is 755. The van der Waals surface area contributed by atoms with Gasteiger partial charge in [-0.3, -0.25) is 4.79 Å². The Kier molecular flexibility index (Phi) is 7.13. The summed E-state index contributed by atoms with van der Waals surface area (Å²) in [5, 5.41) is 3.09. The topological polar surface area (TPSA) is 38.3 Å². The highest BCUT2D eigenvalue weighted by Crippen LogP contribution is 2.43. The molecule has 3 nitrogen and oxygen atoms in total. The summed E-state index contributed by atoms with van der Waals surface area (Å²) in [7, 11) is 0. The smallest absolute Gasteiger partial charge is 0.251 e. The van der Waals surface area contributed by atoms with Gasteiger partial charge in [-0.15, -0.1) is 23.5 Å². The van der Waals surface area contributed by atoms with Crippen LogP contribution in [0, 0.1) is 0 Å². The van der Waals surface area contributed by atoms with Gasteiger partial charge in [-0.05, 0) is 74.1 Å². The fourth-order valence-electron chi connectivity index (χ4n) is 2.96. The van der Waals surface area contributed by atoms with Gasteiger partial charge in [0.15, 0.2) is 0 Å². The third kappa shape index (κ3) is 5.69. The maximum Gasteiger partial charge on any atom is 0.251 e. The zero-order valence-corrected chi connectivity index (χ0v) is 17.7. The van der Waals surface area contributed by atoms with Crippen molar-refractivity contribution < 1.29 is 9.53 Å². The van der Waals surface area contributed by atoms with Crippen molar-refractivity contribution in [1.82, 2.24) is 5.32 Å². The molecule has 0 bridgehead atoms. The molecular weight excluding hydrogens is 374 g/mol. The second-order valence-corrected chi connectivity index (χ2v) is 9.71. The van der Waals surface area contributed by atoms with Gasteiger partial charge >= 0.3 is 0 Å². The molecule has 2 aromatic carbocycles. The van der Waals surface area contributed by atoms with E-state index in [1.165, 1.54) is 23.5 Å². The molecule has 1 atom stereocenters. The zero-order valence-electron chi connectivity index (χ0n) is 16.1. The van der Waals surface area contributed by atoms with E-state index < -0.39 is 0 Å². The lowest BCUT2D eigenvalue weighted by atomic mass is 10.1. The summed E-state index contributed by atoms with van der Waals surface area (Å²) < 4.78 is 6.25. The van der Waals surface area contributed by atoms with Gasteiger partial charge in [-0.2, -0.15) is 0 Å². The fourth-order valence-corrected chi connectivity index (χ4v) is 5.86. The first-order valence-electron chi connectivity index (χ1n) is 9.43. The maximum absolute atomic E-state index is 12.6. The highest BCUT2D eigenvalue weighted by atomic mass is 32.2. The first-order valence-corrected chi connectivity index (χ1v) is 11.5. The molecule has 1 saturated heterocycles. The van der Waals surface area contributed by atoms with E-state index in [2.05, 4.69) is 17.4 Å². The van der Waals surface area contributed by atoms with Crippen molar-refractivity contribution in [2.75, 3.05) is 11.5 Å². The minimum Gasteiger partial charge on any atom is -0.491 e. The molecule has 1 amide bonds. The van der Waals surface area contributed by atoms with Crippen molar-refractivity contribution in [2.24, 2.45) is 0 Å². The van der Waals surface area contributed by atoms with Crippen LogP contribution in [0.3, 0.4) is 0 Å². The van der Waals surface area contributed by atoms with Crippen molar-refractivity contribution in [3.63, 3.8) is 0 Å². The molecule has 1 unspecified atom stereocenters. The van der Waals surface area contributed by atoms with E-state index in [0.717, 1.165) is 11.3 Å². The number of ether oxygens (including phenoxy) is 1. The summed E-state index contributed by atoms with van der Waals surface area (Å²) in [5.41, 5.74) is 3.03. The van der Waals surface area contributed by atoms with Crippen molar-refractivity contribution in [1.29, 1.82) is 0 Å². The molecule has 27 heavy (non-hydrogen) atoms. The molecule has 1 aliphatic heterocycles. The molecular formula is C22H27NO2S2. The molecule has 1 fully saturated rings. The molecule has 1 aliphatic rings. The molecule has 1 heterocycles. The minimum atomic E-state index is -0.0858. The van der Waals surface area contributed by atoms with Crippen molar-refractivity contribution in [3.8, 4) is 5.75 Å². The van der Waals surface area contributed by atoms with Crippen LogP contribution in [0.2, 0.25) is 0 Å².